The summed E-state index contributed by atoms with van der Waals surface area (Å²) in [5.74, 6) is 1.07. The Morgan fingerprint density at radius 1 is 1.22 bits per heavy atom. The van der Waals surface area contributed by atoms with Crippen molar-refractivity contribution in [2.45, 2.75) is 0 Å². The van der Waals surface area contributed by atoms with E-state index in [0.29, 0.717) is 6.54 Å². The molecule has 23 heavy (non-hydrogen) atoms. The molecule has 1 N–H and O–H groups in total. The Morgan fingerprint density at radius 2 is 1.91 bits per heavy atom. The van der Waals surface area contributed by atoms with E-state index in [-0.39, 0.29) is 5.91 Å². The van der Waals surface area contributed by atoms with E-state index in [1.165, 1.54) is 0 Å². The normalized spacial score (nSPS) is 15.1. The van der Waals surface area contributed by atoms with Crippen molar-refractivity contribution in [3.8, 4) is 5.75 Å². The van der Waals surface area contributed by atoms with Crippen molar-refractivity contribution in [3.63, 3.8) is 0 Å². The largest absolute Gasteiger partial charge is 0.495 e. The van der Waals surface area contributed by atoms with E-state index >= 15 is 0 Å². The minimum absolute atomic E-state index is 0.184. The zero-order valence-corrected chi connectivity index (χ0v) is 14.4. The molecule has 0 aliphatic carbocycles. The average molecular weight is 320 g/mol. The van der Waals surface area contributed by atoms with E-state index in [0.717, 1.165) is 50.7 Å². The number of benzene rings is 1. The average Bonchev–Trinajstić information content (AvgIpc) is 2.58. The summed E-state index contributed by atoms with van der Waals surface area (Å²) < 4.78 is 5.42. The maximum atomic E-state index is 12.2. The SMILES string of the molecule is COc1ccccc1N1CCN(C(=O)CNCCN(C)C)CC1. The number of anilines is 1. The number of methoxy groups -OCH3 is 1. The van der Waals surface area contributed by atoms with Gasteiger partial charge in [-0.25, -0.2) is 0 Å². The highest BCUT2D eigenvalue weighted by atomic mass is 16.5. The van der Waals surface area contributed by atoms with Crippen molar-refractivity contribution in [1.82, 2.24) is 15.1 Å². The number of para-hydroxylation sites is 2. The van der Waals surface area contributed by atoms with Crippen molar-refractivity contribution in [2.24, 2.45) is 0 Å². The first-order valence-electron chi connectivity index (χ1n) is 8.13. The molecule has 1 saturated heterocycles. The van der Waals surface area contributed by atoms with E-state index in [4.69, 9.17) is 4.74 Å². The van der Waals surface area contributed by atoms with Gasteiger partial charge in [0.05, 0.1) is 19.3 Å². The molecule has 1 aromatic rings. The molecule has 2 rings (SSSR count). The number of nitrogens with one attached hydrogen (secondary N) is 1. The van der Waals surface area contributed by atoms with Gasteiger partial charge in [-0.1, -0.05) is 12.1 Å². The fourth-order valence-electron chi connectivity index (χ4n) is 2.70. The molecule has 128 valence electrons. The number of nitrogens with zero attached hydrogens (tertiary/aromatic N) is 3. The van der Waals surface area contributed by atoms with Crippen LogP contribution < -0.4 is 15.0 Å². The maximum absolute atomic E-state index is 12.2. The van der Waals surface area contributed by atoms with Gasteiger partial charge in [0.15, 0.2) is 0 Å². The Kier molecular flexibility index (Phi) is 6.67. The molecular formula is C17H28N4O2. The number of likely N-dealkylation sites (N-methyl/N-ethyl adjacent to an activating group) is 1. The lowest BCUT2D eigenvalue weighted by Crippen LogP contribution is -2.51. The molecule has 6 nitrogen and oxygen atoms in total. The predicted octanol–water partition coefficient (Wildman–Crippen LogP) is 0.495. The number of hydrogen-bond donors (Lipinski definition) is 1. The molecule has 1 fully saturated rings. The molecule has 0 unspecified atom stereocenters. The third-order valence-corrected chi connectivity index (χ3v) is 4.07. The van der Waals surface area contributed by atoms with Crippen LogP contribution in [-0.4, -0.2) is 82.7 Å². The predicted molar refractivity (Wildman–Crippen MR) is 93.2 cm³/mol. The smallest absolute Gasteiger partial charge is 0.236 e. The highest BCUT2D eigenvalue weighted by Gasteiger charge is 2.22. The first-order valence-corrected chi connectivity index (χ1v) is 8.13. The molecule has 1 aliphatic rings. The number of piperazine rings is 1. The van der Waals surface area contributed by atoms with Crippen LogP contribution in [0.4, 0.5) is 5.69 Å². The van der Waals surface area contributed by atoms with E-state index in [1.807, 2.05) is 37.2 Å². The molecule has 1 aromatic carbocycles. The summed E-state index contributed by atoms with van der Waals surface area (Å²) in [6, 6.07) is 8.03. The topological polar surface area (TPSA) is 48.1 Å². The van der Waals surface area contributed by atoms with Crippen molar-refractivity contribution < 1.29 is 9.53 Å². The lowest BCUT2D eigenvalue weighted by Gasteiger charge is -2.36. The number of amides is 1. The van der Waals surface area contributed by atoms with Crippen molar-refractivity contribution in [3.05, 3.63) is 24.3 Å². The van der Waals surface area contributed by atoms with Gasteiger partial charge in [0.2, 0.25) is 5.91 Å². The van der Waals surface area contributed by atoms with E-state index in [9.17, 15) is 4.79 Å². The molecule has 0 aromatic heterocycles. The first-order chi connectivity index (χ1) is 11.1. The van der Waals surface area contributed by atoms with Crippen molar-refractivity contribution in [2.75, 3.05) is 71.9 Å². The zero-order valence-electron chi connectivity index (χ0n) is 14.4. The van der Waals surface area contributed by atoms with Gasteiger partial charge in [0, 0.05) is 39.3 Å². The van der Waals surface area contributed by atoms with Gasteiger partial charge in [-0.05, 0) is 26.2 Å². The summed E-state index contributed by atoms with van der Waals surface area (Å²) in [5.41, 5.74) is 1.10. The van der Waals surface area contributed by atoms with Crippen molar-refractivity contribution in [1.29, 1.82) is 0 Å². The highest BCUT2D eigenvalue weighted by Crippen LogP contribution is 2.28. The molecule has 1 aliphatic heterocycles. The van der Waals surface area contributed by atoms with E-state index in [2.05, 4.69) is 21.2 Å². The fourth-order valence-corrected chi connectivity index (χ4v) is 2.70. The Labute approximate surface area is 139 Å². The van der Waals surface area contributed by atoms with Crippen LogP contribution in [0, 0.1) is 0 Å². The second kappa shape index (κ2) is 8.74. The van der Waals surface area contributed by atoms with Crippen LogP contribution in [0.1, 0.15) is 0 Å². The Hall–Kier alpha value is -1.79. The van der Waals surface area contributed by atoms with Gasteiger partial charge in [-0.15, -0.1) is 0 Å². The summed E-state index contributed by atoms with van der Waals surface area (Å²) in [7, 11) is 5.75. The number of hydrogen-bond acceptors (Lipinski definition) is 5. The van der Waals surface area contributed by atoms with Crippen LogP contribution in [0.3, 0.4) is 0 Å². The Morgan fingerprint density at radius 3 is 2.57 bits per heavy atom. The summed E-state index contributed by atoms with van der Waals surface area (Å²) in [4.78, 5) is 18.5. The summed E-state index contributed by atoms with van der Waals surface area (Å²) in [5, 5.41) is 3.21. The van der Waals surface area contributed by atoms with E-state index < -0.39 is 0 Å². The minimum Gasteiger partial charge on any atom is -0.495 e. The van der Waals surface area contributed by atoms with Crippen LogP contribution in [0.25, 0.3) is 0 Å². The standard InChI is InChI=1S/C17H28N4O2/c1-19(2)9-8-18-14-17(22)21-12-10-20(11-13-21)15-6-4-5-7-16(15)23-3/h4-7,18H,8-14H2,1-3H3. The van der Waals surface area contributed by atoms with Gasteiger partial charge in [-0.2, -0.15) is 0 Å². The number of ether oxygens (including phenoxy) is 1. The maximum Gasteiger partial charge on any atom is 0.236 e. The van der Waals surface area contributed by atoms with Crippen LogP contribution in [0.5, 0.6) is 5.75 Å². The van der Waals surface area contributed by atoms with Crippen LogP contribution in [-0.2, 0) is 4.79 Å². The lowest BCUT2D eigenvalue weighted by atomic mass is 10.2. The fraction of sp³-hybridized carbons (Fsp3) is 0.588. The molecule has 0 saturated carbocycles. The van der Waals surface area contributed by atoms with Gasteiger partial charge >= 0.3 is 0 Å². The molecule has 1 amide bonds. The van der Waals surface area contributed by atoms with Crippen molar-refractivity contribution >= 4 is 11.6 Å². The highest BCUT2D eigenvalue weighted by molar-refractivity contribution is 5.78. The quantitative estimate of drug-likeness (QED) is 0.741. The monoisotopic (exact) mass is 320 g/mol. The van der Waals surface area contributed by atoms with Gasteiger partial charge in [-0.3, -0.25) is 4.79 Å². The Balaban J connectivity index is 1.78. The van der Waals surface area contributed by atoms with Crippen LogP contribution >= 0.6 is 0 Å². The molecule has 1 heterocycles. The van der Waals surface area contributed by atoms with Gasteiger partial charge < -0.3 is 24.8 Å². The second-order valence-corrected chi connectivity index (χ2v) is 6.02. The molecular weight excluding hydrogens is 292 g/mol. The van der Waals surface area contributed by atoms with Gasteiger partial charge in [0.1, 0.15) is 5.75 Å². The molecule has 0 radical (unpaired) electrons. The van der Waals surface area contributed by atoms with E-state index in [1.54, 1.807) is 7.11 Å². The number of rotatable bonds is 7. The van der Waals surface area contributed by atoms with Crippen LogP contribution in [0.15, 0.2) is 24.3 Å². The molecule has 0 atom stereocenters. The second-order valence-electron chi connectivity index (χ2n) is 6.02. The summed E-state index contributed by atoms with van der Waals surface area (Å²) >= 11 is 0. The Bertz CT molecular complexity index is 499. The summed E-state index contributed by atoms with van der Waals surface area (Å²) in [6.07, 6.45) is 0. The first kappa shape index (κ1) is 17.6. The lowest BCUT2D eigenvalue weighted by molar-refractivity contribution is -0.130. The van der Waals surface area contributed by atoms with Gasteiger partial charge in [0.25, 0.3) is 0 Å². The minimum atomic E-state index is 0.184. The molecule has 6 heteroatoms. The number of carbonyl (C=O) groups is 1. The van der Waals surface area contributed by atoms with Crippen LogP contribution in [0.2, 0.25) is 0 Å². The zero-order chi connectivity index (χ0) is 16.7. The third-order valence-electron chi connectivity index (χ3n) is 4.07. The summed E-state index contributed by atoms with van der Waals surface area (Å²) in [6.45, 7) is 5.38. The number of carbonyl (C=O) groups excluding carboxylic acids is 1. The molecule has 0 spiro atoms. The molecule has 0 bridgehead atoms. The third kappa shape index (κ3) is 5.11.